The van der Waals surface area contributed by atoms with Gasteiger partial charge in [0.25, 0.3) is 0 Å². The average Bonchev–Trinajstić information content (AvgIpc) is 2.28. The quantitative estimate of drug-likeness (QED) is 0.539. The van der Waals surface area contributed by atoms with Gasteiger partial charge in [0, 0.05) is 5.92 Å². The van der Waals surface area contributed by atoms with Crippen molar-refractivity contribution < 1.29 is 4.79 Å². The van der Waals surface area contributed by atoms with E-state index in [4.69, 9.17) is 0 Å². The van der Waals surface area contributed by atoms with Gasteiger partial charge >= 0.3 is 0 Å². The van der Waals surface area contributed by atoms with E-state index in [0.29, 0.717) is 22.9 Å². The molecule has 13 heavy (non-hydrogen) atoms. The smallest absolute Gasteiger partial charge is 0.146 e. The summed E-state index contributed by atoms with van der Waals surface area (Å²) in [5.74, 6) is 2.14. The molecule has 0 N–H and O–H groups in total. The summed E-state index contributed by atoms with van der Waals surface area (Å²) in [5.41, 5.74) is 0. The van der Waals surface area contributed by atoms with Crippen molar-refractivity contribution in [2.45, 2.75) is 39.5 Å². The summed E-state index contributed by atoms with van der Waals surface area (Å²) in [6, 6.07) is 0. The molecular weight excluding hydrogens is 228 g/mol. The van der Waals surface area contributed by atoms with Crippen LogP contribution < -0.4 is 0 Å². The van der Waals surface area contributed by atoms with Crippen molar-refractivity contribution >= 4 is 21.7 Å². The lowest BCUT2D eigenvalue weighted by atomic mass is 9.87. The Morgan fingerprint density at radius 3 is 2.46 bits per heavy atom. The van der Waals surface area contributed by atoms with E-state index >= 15 is 0 Å². The Labute approximate surface area is 89.4 Å². The molecule has 0 heterocycles. The second-order valence-electron chi connectivity index (χ2n) is 4.44. The van der Waals surface area contributed by atoms with E-state index in [-0.39, 0.29) is 0 Å². The average molecular weight is 247 g/mol. The summed E-state index contributed by atoms with van der Waals surface area (Å²) in [7, 11) is 0. The first-order valence-corrected chi connectivity index (χ1v) is 6.36. The van der Waals surface area contributed by atoms with Crippen molar-refractivity contribution in [3.05, 3.63) is 0 Å². The Balaban J connectivity index is 2.56. The standard InChI is InChI=1S/C11H19BrO/c1-8-3-5-9(2)10(6-4-8)11(13)7-12/h8-10H,3-7H2,1-2H3/t8?,9?,10-/m0/s1. The molecule has 0 aromatic rings. The van der Waals surface area contributed by atoms with Crippen LogP contribution in [0.2, 0.25) is 0 Å². The van der Waals surface area contributed by atoms with Crippen molar-refractivity contribution in [1.82, 2.24) is 0 Å². The molecule has 3 atom stereocenters. The number of hydrogen-bond donors (Lipinski definition) is 0. The van der Waals surface area contributed by atoms with Gasteiger partial charge in [-0.05, 0) is 24.7 Å². The van der Waals surface area contributed by atoms with Crippen LogP contribution >= 0.6 is 15.9 Å². The lowest BCUT2D eigenvalue weighted by Gasteiger charge is -2.18. The van der Waals surface area contributed by atoms with Gasteiger partial charge in [-0.15, -0.1) is 0 Å². The fourth-order valence-corrected chi connectivity index (χ4v) is 2.63. The highest BCUT2D eigenvalue weighted by molar-refractivity contribution is 9.09. The van der Waals surface area contributed by atoms with Gasteiger partial charge in [-0.1, -0.05) is 42.6 Å². The largest absolute Gasteiger partial charge is 0.298 e. The SMILES string of the molecule is CC1CCC(C)[C@@H](C(=O)CBr)CC1. The molecular formula is C11H19BrO. The Hall–Kier alpha value is 0.150. The highest BCUT2D eigenvalue weighted by Gasteiger charge is 2.27. The first-order valence-electron chi connectivity index (χ1n) is 5.23. The van der Waals surface area contributed by atoms with Crippen LogP contribution in [0.1, 0.15) is 39.5 Å². The molecule has 0 saturated heterocycles. The summed E-state index contributed by atoms with van der Waals surface area (Å²) in [6.07, 6.45) is 4.86. The molecule has 1 fully saturated rings. The van der Waals surface area contributed by atoms with Gasteiger partial charge < -0.3 is 0 Å². The Bertz CT molecular complexity index is 179. The molecule has 1 aliphatic rings. The zero-order valence-electron chi connectivity index (χ0n) is 8.55. The molecule has 0 aromatic heterocycles. The van der Waals surface area contributed by atoms with Crippen LogP contribution in [-0.4, -0.2) is 11.1 Å². The van der Waals surface area contributed by atoms with Crippen LogP contribution in [-0.2, 0) is 4.79 Å². The normalized spacial score (nSPS) is 35.5. The number of hydrogen-bond acceptors (Lipinski definition) is 1. The van der Waals surface area contributed by atoms with Gasteiger partial charge in [-0.3, -0.25) is 4.79 Å². The van der Waals surface area contributed by atoms with Crippen LogP contribution in [0.5, 0.6) is 0 Å². The van der Waals surface area contributed by atoms with Gasteiger partial charge in [-0.25, -0.2) is 0 Å². The van der Waals surface area contributed by atoms with E-state index in [1.807, 2.05) is 0 Å². The summed E-state index contributed by atoms with van der Waals surface area (Å²) in [5, 5.41) is 0.538. The number of Topliss-reactive ketones (excluding diaryl/α,β-unsaturated/α-hetero) is 1. The molecule has 1 rings (SSSR count). The van der Waals surface area contributed by atoms with E-state index in [1.165, 1.54) is 19.3 Å². The van der Waals surface area contributed by atoms with Gasteiger partial charge in [0.2, 0.25) is 0 Å². The third-order valence-corrected chi connectivity index (χ3v) is 3.87. The molecule has 2 unspecified atom stereocenters. The predicted octanol–water partition coefficient (Wildman–Crippen LogP) is 3.41. The molecule has 1 nitrogen and oxygen atoms in total. The van der Waals surface area contributed by atoms with Crippen molar-refractivity contribution in [2.75, 3.05) is 5.33 Å². The fourth-order valence-electron chi connectivity index (χ4n) is 2.22. The molecule has 1 aliphatic carbocycles. The number of carbonyl (C=O) groups is 1. The van der Waals surface area contributed by atoms with Crippen LogP contribution in [0.3, 0.4) is 0 Å². The highest BCUT2D eigenvalue weighted by Crippen LogP contribution is 2.32. The number of ketones is 1. The molecule has 2 heteroatoms. The van der Waals surface area contributed by atoms with Gasteiger partial charge in [0.15, 0.2) is 0 Å². The minimum absolute atomic E-state index is 0.323. The fraction of sp³-hybridized carbons (Fsp3) is 0.909. The van der Waals surface area contributed by atoms with Gasteiger partial charge in [0.05, 0.1) is 5.33 Å². The van der Waals surface area contributed by atoms with E-state index in [2.05, 4.69) is 29.8 Å². The maximum Gasteiger partial charge on any atom is 0.146 e. The van der Waals surface area contributed by atoms with Crippen molar-refractivity contribution in [3.8, 4) is 0 Å². The third-order valence-electron chi connectivity index (χ3n) is 3.32. The molecule has 0 aliphatic heterocycles. The van der Waals surface area contributed by atoms with E-state index in [9.17, 15) is 4.79 Å². The monoisotopic (exact) mass is 246 g/mol. The minimum atomic E-state index is 0.323. The highest BCUT2D eigenvalue weighted by atomic mass is 79.9. The van der Waals surface area contributed by atoms with Crippen LogP contribution in [0.15, 0.2) is 0 Å². The summed E-state index contributed by atoms with van der Waals surface area (Å²) in [4.78, 5) is 11.6. The lowest BCUT2D eigenvalue weighted by Crippen LogP contribution is -2.21. The maximum atomic E-state index is 11.6. The van der Waals surface area contributed by atoms with Crippen LogP contribution in [0.4, 0.5) is 0 Å². The minimum Gasteiger partial charge on any atom is -0.298 e. The zero-order valence-corrected chi connectivity index (χ0v) is 10.1. The van der Waals surface area contributed by atoms with Crippen LogP contribution in [0, 0.1) is 17.8 Å². The summed E-state index contributed by atoms with van der Waals surface area (Å²) < 4.78 is 0. The van der Waals surface area contributed by atoms with Crippen molar-refractivity contribution in [3.63, 3.8) is 0 Å². The molecule has 0 aromatic carbocycles. The lowest BCUT2D eigenvalue weighted by molar-refractivity contribution is -0.121. The second kappa shape index (κ2) is 5.14. The van der Waals surface area contributed by atoms with Crippen molar-refractivity contribution in [1.29, 1.82) is 0 Å². The first kappa shape index (κ1) is 11.2. The van der Waals surface area contributed by atoms with E-state index in [0.717, 1.165) is 12.3 Å². The Morgan fingerprint density at radius 1 is 1.23 bits per heavy atom. The molecule has 0 spiro atoms. The Kier molecular flexibility index (Phi) is 4.43. The zero-order chi connectivity index (χ0) is 9.84. The number of carbonyl (C=O) groups excluding carboxylic acids is 1. The molecule has 0 radical (unpaired) electrons. The van der Waals surface area contributed by atoms with Gasteiger partial charge in [0.1, 0.15) is 5.78 Å². The van der Waals surface area contributed by atoms with Crippen molar-refractivity contribution in [2.24, 2.45) is 17.8 Å². The predicted molar refractivity (Wildman–Crippen MR) is 59.1 cm³/mol. The number of halogens is 1. The molecule has 76 valence electrons. The van der Waals surface area contributed by atoms with E-state index < -0.39 is 0 Å². The topological polar surface area (TPSA) is 17.1 Å². The van der Waals surface area contributed by atoms with Gasteiger partial charge in [-0.2, -0.15) is 0 Å². The molecule has 0 bridgehead atoms. The molecule has 1 saturated carbocycles. The van der Waals surface area contributed by atoms with Crippen LogP contribution in [0.25, 0.3) is 0 Å². The summed E-state index contributed by atoms with van der Waals surface area (Å²) in [6.45, 7) is 4.52. The second-order valence-corrected chi connectivity index (χ2v) is 5.00. The van der Waals surface area contributed by atoms with E-state index in [1.54, 1.807) is 0 Å². The first-order chi connectivity index (χ1) is 6.15. The maximum absolute atomic E-state index is 11.6. The third kappa shape index (κ3) is 3.08. The Morgan fingerprint density at radius 2 is 1.85 bits per heavy atom. The molecule has 0 amide bonds. The number of rotatable bonds is 2. The number of alkyl halides is 1. The summed E-state index contributed by atoms with van der Waals surface area (Å²) >= 11 is 3.27.